The Morgan fingerprint density at radius 3 is 2.89 bits per heavy atom. The highest BCUT2D eigenvalue weighted by Crippen LogP contribution is 2.27. The Morgan fingerprint density at radius 2 is 2.05 bits per heavy atom. The number of nitrogens with one attached hydrogen (secondary N) is 1. The highest BCUT2D eigenvalue weighted by Gasteiger charge is 2.20. The maximum absolute atomic E-state index is 9.27. The van der Waals surface area contributed by atoms with Crippen molar-refractivity contribution in [3.8, 4) is 5.75 Å². The molecule has 0 spiro atoms. The van der Waals surface area contributed by atoms with Crippen molar-refractivity contribution in [1.29, 1.82) is 0 Å². The third-order valence-electron chi connectivity index (χ3n) is 3.68. The molecular weight excluding hydrogens is 236 g/mol. The zero-order chi connectivity index (χ0) is 13.1. The molecule has 0 saturated carbocycles. The summed E-state index contributed by atoms with van der Waals surface area (Å²) in [4.78, 5) is 4.52. The zero-order valence-electron chi connectivity index (χ0n) is 10.8. The van der Waals surface area contributed by atoms with Gasteiger partial charge in [0.1, 0.15) is 5.75 Å². The summed E-state index contributed by atoms with van der Waals surface area (Å²) in [6.45, 7) is 0.807. The monoisotopic (exact) mass is 254 g/mol. The van der Waals surface area contributed by atoms with Crippen molar-refractivity contribution >= 4 is 0 Å². The van der Waals surface area contributed by atoms with Crippen LogP contribution in [0.5, 0.6) is 5.75 Å². The standard InChI is InChI=1S/C16H18N2O/c19-14-8-6-12(7-9-14)11-18-15-5-1-3-13-4-2-10-17-16(13)15/h2,4,6-10,15,18-19H,1,3,5,11H2. The first-order chi connectivity index (χ1) is 9.33. The lowest BCUT2D eigenvalue weighted by Gasteiger charge is -2.25. The normalized spacial score (nSPS) is 18.0. The molecule has 98 valence electrons. The zero-order valence-corrected chi connectivity index (χ0v) is 10.8. The van der Waals surface area contributed by atoms with Crippen LogP contribution in [-0.4, -0.2) is 10.1 Å². The number of aryl methyl sites for hydroxylation is 1. The molecule has 0 bridgehead atoms. The number of phenols is 1. The SMILES string of the molecule is Oc1ccc(CNC2CCCc3cccnc32)cc1. The molecule has 1 aromatic carbocycles. The van der Waals surface area contributed by atoms with E-state index in [-0.39, 0.29) is 0 Å². The van der Waals surface area contributed by atoms with E-state index in [1.54, 1.807) is 12.1 Å². The number of rotatable bonds is 3. The number of aromatic nitrogens is 1. The Morgan fingerprint density at radius 1 is 1.21 bits per heavy atom. The number of hydrogen-bond acceptors (Lipinski definition) is 3. The summed E-state index contributed by atoms with van der Waals surface area (Å²) in [5, 5.41) is 12.8. The van der Waals surface area contributed by atoms with Crippen molar-refractivity contribution in [2.24, 2.45) is 0 Å². The van der Waals surface area contributed by atoms with Gasteiger partial charge in [0, 0.05) is 12.7 Å². The summed E-state index contributed by atoms with van der Waals surface area (Å²) >= 11 is 0. The number of benzene rings is 1. The van der Waals surface area contributed by atoms with Gasteiger partial charge in [-0.05, 0) is 48.6 Å². The molecule has 1 heterocycles. The molecule has 19 heavy (non-hydrogen) atoms. The second kappa shape index (κ2) is 5.41. The van der Waals surface area contributed by atoms with Crippen molar-refractivity contribution in [3.63, 3.8) is 0 Å². The number of hydrogen-bond donors (Lipinski definition) is 2. The molecular formula is C16H18N2O. The molecule has 0 fully saturated rings. The Kier molecular flexibility index (Phi) is 3.47. The maximum Gasteiger partial charge on any atom is 0.115 e. The fourth-order valence-corrected chi connectivity index (χ4v) is 2.66. The van der Waals surface area contributed by atoms with Crippen molar-refractivity contribution in [3.05, 3.63) is 59.4 Å². The quantitative estimate of drug-likeness (QED) is 0.885. The first-order valence-electron chi connectivity index (χ1n) is 6.78. The van der Waals surface area contributed by atoms with E-state index in [0.29, 0.717) is 11.8 Å². The van der Waals surface area contributed by atoms with Crippen LogP contribution in [0.1, 0.15) is 35.7 Å². The van der Waals surface area contributed by atoms with Crippen LogP contribution >= 0.6 is 0 Å². The van der Waals surface area contributed by atoms with E-state index in [4.69, 9.17) is 0 Å². The van der Waals surface area contributed by atoms with E-state index >= 15 is 0 Å². The molecule has 3 nitrogen and oxygen atoms in total. The van der Waals surface area contributed by atoms with E-state index in [0.717, 1.165) is 19.4 Å². The second-order valence-electron chi connectivity index (χ2n) is 5.04. The molecule has 1 atom stereocenters. The van der Waals surface area contributed by atoms with Crippen LogP contribution in [0.2, 0.25) is 0 Å². The van der Waals surface area contributed by atoms with Gasteiger partial charge >= 0.3 is 0 Å². The van der Waals surface area contributed by atoms with Crippen molar-refractivity contribution < 1.29 is 5.11 Å². The van der Waals surface area contributed by atoms with E-state index in [2.05, 4.69) is 16.4 Å². The molecule has 1 aromatic heterocycles. The van der Waals surface area contributed by atoms with E-state index < -0.39 is 0 Å². The van der Waals surface area contributed by atoms with Crippen molar-refractivity contribution in [2.75, 3.05) is 0 Å². The van der Waals surface area contributed by atoms with Gasteiger partial charge in [-0.2, -0.15) is 0 Å². The van der Waals surface area contributed by atoms with Crippen LogP contribution in [0.3, 0.4) is 0 Å². The molecule has 0 saturated heterocycles. The van der Waals surface area contributed by atoms with Crippen LogP contribution in [0.25, 0.3) is 0 Å². The van der Waals surface area contributed by atoms with Gasteiger partial charge in [0.2, 0.25) is 0 Å². The topological polar surface area (TPSA) is 45.1 Å². The third-order valence-corrected chi connectivity index (χ3v) is 3.68. The molecule has 1 aliphatic rings. The number of phenolic OH excluding ortho intramolecular Hbond substituents is 1. The number of pyridine rings is 1. The second-order valence-corrected chi connectivity index (χ2v) is 5.04. The lowest BCUT2D eigenvalue weighted by molar-refractivity contribution is 0.447. The smallest absolute Gasteiger partial charge is 0.115 e. The average molecular weight is 254 g/mol. The van der Waals surface area contributed by atoms with Gasteiger partial charge in [-0.1, -0.05) is 18.2 Å². The molecule has 3 heteroatoms. The Balaban J connectivity index is 1.69. The fourth-order valence-electron chi connectivity index (χ4n) is 2.66. The summed E-state index contributed by atoms with van der Waals surface area (Å²) in [6.07, 6.45) is 5.37. The Bertz CT molecular complexity index is 551. The van der Waals surface area contributed by atoms with Crippen LogP contribution in [0, 0.1) is 0 Å². The maximum atomic E-state index is 9.27. The molecule has 3 rings (SSSR count). The van der Waals surface area contributed by atoms with E-state index in [1.807, 2.05) is 24.4 Å². The van der Waals surface area contributed by atoms with E-state index in [1.165, 1.54) is 23.2 Å². The molecule has 0 aliphatic heterocycles. The molecule has 0 amide bonds. The van der Waals surface area contributed by atoms with Gasteiger partial charge in [-0.25, -0.2) is 0 Å². The van der Waals surface area contributed by atoms with Crippen LogP contribution in [0.15, 0.2) is 42.6 Å². The van der Waals surface area contributed by atoms with Gasteiger partial charge in [-0.15, -0.1) is 0 Å². The molecule has 0 radical (unpaired) electrons. The Hall–Kier alpha value is -1.87. The molecule has 2 aromatic rings. The van der Waals surface area contributed by atoms with Gasteiger partial charge < -0.3 is 10.4 Å². The van der Waals surface area contributed by atoms with Crippen molar-refractivity contribution in [2.45, 2.75) is 31.8 Å². The predicted octanol–water partition coefficient (Wildman–Crippen LogP) is 2.95. The summed E-state index contributed by atoms with van der Waals surface area (Å²) in [5.74, 6) is 0.313. The molecule has 1 unspecified atom stereocenters. The highest BCUT2D eigenvalue weighted by atomic mass is 16.3. The lowest BCUT2D eigenvalue weighted by atomic mass is 9.92. The minimum atomic E-state index is 0.313. The fraction of sp³-hybridized carbons (Fsp3) is 0.312. The summed E-state index contributed by atoms with van der Waals surface area (Å²) in [5.41, 5.74) is 3.75. The van der Waals surface area contributed by atoms with Crippen molar-refractivity contribution in [1.82, 2.24) is 10.3 Å². The first-order valence-corrected chi connectivity index (χ1v) is 6.78. The predicted molar refractivity (Wildman–Crippen MR) is 74.9 cm³/mol. The van der Waals surface area contributed by atoms with Crippen LogP contribution < -0.4 is 5.32 Å². The largest absolute Gasteiger partial charge is 0.508 e. The molecule has 1 aliphatic carbocycles. The number of nitrogens with zero attached hydrogens (tertiary/aromatic N) is 1. The third kappa shape index (κ3) is 2.76. The van der Waals surface area contributed by atoms with E-state index in [9.17, 15) is 5.11 Å². The minimum absolute atomic E-state index is 0.313. The van der Waals surface area contributed by atoms with Crippen LogP contribution in [-0.2, 0) is 13.0 Å². The van der Waals surface area contributed by atoms with Crippen LogP contribution in [0.4, 0.5) is 0 Å². The summed E-state index contributed by atoms with van der Waals surface area (Å²) < 4.78 is 0. The minimum Gasteiger partial charge on any atom is -0.508 e. The Labute approximate surface area is 113 Å². The van der Waals surface area contributed by atoms with Gasteiger partial charge in [0.05, 0.1) is 11.7 Å². The van der Waals surface area contributed by atoms with Gasteiger partial charge in [0.25, 0.3) is 0 Å². The lowest BCUT2D eigenvalue weighted by Crippen LogP contribution is -2.25. The average Bonchev–Trinajstić information content (AvgIpc) is 2.47. The first kappa shape index (κ1) is 12.2. The van der Waals surface area contributed by atoms with Gasteiger partial charge in [-0.3, -0.25) is 4.98 Å². The summed E-state index contributed by atoms with van der Waals surface area (Å²) in [7, 11) is 0. The molecule has 2 N–H and O–H groups in total. The summed E-state index contributed by atoms with van der Waals surface area (Å²) in [6, 6.07) is 11.9. The highest BCUT2D eigenvalue weighted by molar-refractivity contribution is 5.27. The number of aromatic hydroxyl groups is 1. The number of fused-ring (bicyclic) bond motifs is 1. The van der Waals surface area contributed by atoms with Gasteiger partial charge in [0.15, 0.2) is 0 Å².